The van der Waals surface area contributed by atoms with Crippen LogP contribution in [0.25, 0.3) is 0 Å². The van der Waals surface area contributed by atoms with Gasteiger partial charge in [0.1, 0.15) is 9.84 Å². The van der Waals surface area contributed by atoms with E-state index in [4.69, 9.17) is 5.11 Å². The third-order valence-corrected chi connectivity index (χ3v) is 7.57. The minimum absolute atomic E-state index is 0.00195. The number of hydrogen-bond acceptors (Lipinski definition) is 5. The van der Waals surface area contributed by atoms with E-state index in [-0.39, 0.29) is 41.9 Å². The molecule has 0 aromatic heterocycles. The molecule has 2 rings (SSSR count). The minimum atomic E-state index is -3.76. The molecule has 0 radical (unpaired) electrons. The Morgan fingerprint density at radius 3 is 2.48 bits per heavy atom. The van der Waals surface area contributed by atoms with E-state index in [1.807, 2.05) is 0 Å². The van der Waals surface area contributed by atoms with Crippen LogP contribution in [0.5, 0.6) is 0 Å². The summed E-state index contributed by atoms with van der Waals surface area (Å²) in [5.74, 6) is -0.00390. The van der Waals surface area contributed by atoms with Crippen molar-refractivity contribution < 1.29 is 21.9 Å². The second-order valence-electron chi connectivity index (χ2n) is 4.97. The molecule has 6 nitrogen and oxygen atoms in total. The van der Waals surface area contributed by atoms with E-state index in [2.05, 4.69) is 20.7 Å². The molecule has 0 atom stereocenters. The van der Waals surface area contributed by atoms with Crippen LogP contribution in [-0.2, 0) is 26.5 Å². The van der Waals surface area contributed by atoms with Gasteiger partial charge in [-0.15, -0.1) is 0 Å². The van der Waals surface area contributed by atoms with Gasteiger partial charge in [-0.3, -0.25) is 0 Å². The number of aliphatic hydroxyl groups excluding tert-OH is 1. The molecule has 0 aliphatic carbocycles. The summed E-state index contributed by atoms with van der Waals surface area (Å²) in [5, 5.41) is 9.10. The summed E-state index contributed by atoms with van der Waals surface area (Å²) in [6.07, 6.45) is 0.553. The predicted octanol–water partition coefficient (Wildman–Crippen LogP) is 0.797. The van der Waals surface area contributed by atoms with Crippen molar-refractivity contribution in [2.45, 2.75) is 30.4 Å². The first-order valence-corrected chi connectivity index (χ1v) is 10.5. The summed E-state index contributed by atoms with van der Waals surface area (Å²) >= 11 is 3.18. The first-order chi connectivity index (χ1) is 9.73. The van der Waals surface area contributed by atoms with Gasteiger partial charge in [-0.05, 0) is 46.5 Å². The van der Waals surface area contributed by atoms with Crippen molar-refractivity contribution >= 4 is 35.8 Å². The van der Waals surface area contributed by atoms with E-state index in [1.54, 1.807) is 12.1 Å². The maximum Gasteiger partial charge on any atom is 0.241 e. The second kappa shape index (κ2) is 6.33. The number of hydrogen-bond donors (Lipinski definition) is 2. The van der Waals surface area contributed by atoms with Crippen LogP contribution in [0.4, 0.5) is 0 Å². The van der Waals surface area contributed by atoms with Gasteiger partial charge in [-0.25, -0.2) is 21.6 Å². The molecular formula is C12H16BrNO5S2. The van der Waals surface area contributed by atoms with Gasteiger partial charge in [0.15, 0.2) is 0 Å². The number of sulfone groups is 1. The first-order valence-electron chi connectivity index (χ1n) is 6.35. The molecule has 1 aromatic rings. The van der Waals surface area contributed by atoms with Crippen LogP contribution in [-0.4, -0.2) is 39.5 Å². The molecule has 0 saturated carbocycles. The van der Waals surface area contributed by atoms with E-state index in [0.29, 0.717) is 10.0 Å². The Morgan fingerprint density at radius 1 is 1.29 bits per heavy atom. The van der Waals surface area contributed by atoms with Crippen molar-refractivity contribution in [1.29, 1.82) is 0 Å². The van der Waals surface area contributed by atoms with E-state index in [0.717, 1.165) is 0 Å². The van der Waals surface area contributed by atoms with Crippen LogP contribution < -0.4 is 4.72 Å². The summed E-state index contributed by atoms with van der Waals surface area (Å²) in [4.78, 5) is 0.0440. The summed E-state index contributed by atoms with van der Waals surface area (Å²) in [7, 11) is -6.80. The van der Waals surface area contributed by atoms with Crippen molar-refractivity contribution in [3.8, 4) is 0 Å². The van der Waals surface area contributed by atoms with Crippen LogP contribution in [0.3, 0.4) is 0 Å². The Morgan fingerprint density at radius 2 is 1.90 bits per heavy atom. The number of nitrogens with one attached hydrogen (secondary N) is 1. The molecule has 0 bridgehead atoms. The molecule has 118 valence electrons. The summed E-state index contributed by atoms with van der Waals surface area (Å²) in [5.41, 5.74) is 0.491. The number of rotatable bonds is 4. The second-order valence-corrected chi connectivity index (χ2v) is 9.81. The average molecular weight is 398 g/mol. The molecule has 1 saturated heterocycles. The molecule has 1 aromatic carbocycles. The van der Waals surface area contributed by atoms with Gasteiger partial charge >= 0.3 is 0 Å². The molecular weight excluding hydrogens is 382 g/mol. The third kappa shape index (κ3) is 4.26. The number of benzene rings is 1. The summed E-state index contributed by atoms with van der Waals surface area (Å²) < 4.78 is 50.4. The fourth-order valence-corrected chi connectivity index (χ4v) is 5.95. The van der Waals surface area contributed by atoms with Crippen LogP contribution in [0.15, 0.2) is 27.6 Å². The fraction of sp³-hybridized carbons (Fsp3) is 0.500. The lowest BCUT2D eigenvalue weighted by atomic mass is 10.2. The normalized spacial score (nSPS) is 19.5. The Labute approximate surface area is 132 Å². The number of sulfonamides is 1. The predicted molar refractivity (Wildman–Crippen MR) is 82.1 cm³/mol. The average Bonchev–Trinajstić information content (AvgIpc) is 2.41. The topological polar surface area (TPSA) is 101 Å². The van der Waals surface area contributed by atoms with Gasteiger partial charge in [0, 0.05) is 10.5 Å². The maximum atomic E-state index is 12.4. The lowest BCUT2D eigenvalue weighted by Gasteiger charge is -2.23. The third-order valence-electron chi connectivity index (χ3n) is 3.34. The monoisotopic (exact) mass is 397 g/mol. The molecule has 0 amide bonds. The zero-order valence-corrected chi connectivity index (χ0v) is 14.3. The number of aliphatic hydroxyl groups is 1. The molecule has 9 heteroatoms. The lowest BCUT2D eigenvalue weighted by Crippen LogP contribution is -2.40. The quantitative estimate of drug-likeness (QED) is 0.782. The van der Waals surface area contributed by atoms with Crippen molar-refractivity contribution in [2.24, 2.45) is 0 Å². The summed E-state index contributed by atoms with van der Waals surface area (Å²) in [6.45, 7) is -0.253. The van der Waals surface area contributed by atoms with Crippen LogP contribution in [0.1, 0.15) is 18.4 Å². The van der Waals surface area contributed by atoms with Crippen LogP contribution in [0, 0.1) is 0 Å². The Hall–Kier alpha value is -0.480. The molecule has 1 heterocycles. The maximum absolute atomic E-state index is 12.4. The van der Waals surface area contributed by atoms with Gasteiger partial charge < -0.3 is 5.11 Å². The van der Waals surface area contributed by atoms with E-state index in [9.17, 15) is 16.8 Å². The Balaban J connectivity index is 2.19. The number of halogens is 1. The largest absolute Gasteiger partial charge is 0.392 e. The zero-order valence-electron chi connectivity index (χ0n) is 11.1. The molecule has 1 aliphatic heterocycles. The Bertz CT molecular complexity index is 716. The van der Waals surface area contributed by atoms with Gasteiger partial charge in [-0.1, -0.05) is 6.07 Å². The van der Waals surface area contributed by atoms with E-state index in [1.165, 1.54) is 6.07 Å². The molecule has 2 N–H and O–H groups in total. The standard InChI is InChI=1S/C12H16BrNO5S2/c13-11-2-1-9(8-15)7-12(11)21(18,19)14-10-3-5-20(16,17)6-4-10/h1-2,7,10,14-15H,3-6,8H2. The first kappa shape index (κ1) is 16.9. The van der Waals surface area contributed by atoms with Gasteiger partial charge in [0.25, 0.3) is 0 Å². The van der Waals surface area contributed by atoms with Crippen LogP contribution >= 0.6 is 15.9 Å². The fourth-order valence-electron chi connectivity index (χ4n) is 2.14. The van der Waals surface area contributed by atoms with E-state index >= 15 is 0 Å². The smallest absolute Gasteiger partial charge is 0.241 e. The highest BCUT2D eigenvalue weighted by Gasteiger charge is 2.28. The summed E-state index contributed by atoms with van der Waals surface area (Å²) in [6, 6.07) is 4.19. The minimum Gasteiger partial charge on any atom is -0.392 e. The van der Waals surface area contributed by atoms with Crippen molar-refractivity contribution in [3.05, 3.63) is 28.2 Å². The van der Waals surface area contributed by atoms with Crippen LogP contribution in [0.2, 0.25) is 0 Å². The van der Waals surface area contributed by atoms with Crippen molar-refractivity contribution in [2.75, 3.05) is 11.5 Å². The molecule has 0 unspecified atom stereocenters. The highest BCUT2D eigenvalue weighted by molar-refractivity contribution is 9.10. The molecule has 1 aliphatic rings. The van der Waals surface area contributed by atoms with Crippen molar-refractivity contribution in [3.63, 3.8) is 0 Å². The van der Waals surface area contributed by atoms with Gasteiger partial charge in [-0.2, -0.15) is 0 Å². The van der Waals surface area contributed by atoms with E-state index < -0.39 is 19.9 Å². The lowest BCUT2D eigenvalue weighted by molar-refractivity contribution is 0.281. The highest BCUT2D eigenvalue weighted by atomic mass is 79.9. The Kier molecular flexibility index (Phi) is 5.09. The van der Waals surface area contributed by atoms with Gasteiger partial charge in [0.05, 0.1) is 23.0 Å². The molecule has 1 fully saturated rings. The molecule has 0 spiro atoms. The molecule has 21 heavy (non-hydrogen) atoms. The SMILES string of the molecule is O=S1(=O)CCC(NS(=O)(=O)c2cc(CO)ccc2Br)CC1. The van der Waals surface area contributed by atoms with Gasteiger partial charge in [0.2, 0.25) is 10.0 Å². The highest BCUT2D eigenvalue weighted by Crippen LogP contribution is 2.24. The van der Waals surface area contributed by atoms with Crippen molar-refractivity contribution in [1.82, 2.24) is 4.72 Å². The zero-order chi connectivity index (χ0) is 15.7.